The van der Waals surface area contributed by atoms with E-state index in [0.29, 0.717) is 11.8 Å². The maximum atomic E-state index is 12.0. The number of hydrogen-bond donors (Lipinski definition) is 6. The van der Waals surface area contributed by atoms with Gasteiger partial charge >= 0.3 is 15.2 Å². The molecule has 0 aromatic carbocycles. The molecule has 23 heavy (non-hydrogen) atoms. The van der Waals surface area contributed by atoms with Crippen LogP contribution in [0.5, 0.6) is 0 Å². The van der Waals surface area contributed by atoms with Crippen LogP contribution >= 0.6 is 15.2 Å². The zero-order chi connectivity index (χ0) is 17.5. The molecule has 2 aliphatic carbocycles. The van der Waals surface area contributed by atoms with Crippen molar-refractivity contribution in [3.63, 3.8) is 0 Å². The van der Waals surface area contributed by atoms with Crippen LogP contribution in [0.25, 0.3) is 0 Å². The summed E-state index contributed by atoms with van der Waals surface area (Å²) >= 11 is 0. The van der Waals surface area contributed by atoms with E-state index >= 15 is 0 Å². The standard InChI is InChI=1S/C13H28N2O6P2/c14-7-13(8-15,23(19,20)21)4-3-12(22(16,17)18)11-6-9-1-2-10(11)5-9/h9-12H,1-8,14-15H2,(H2,16,17,18)(H2,19,20,21). The average Bonchev–Trinajstić information content (AvgIpc) is 3.03. The van der Waals surface area contributed by atoms with Crippen LogP contribution < -0.4 is 11.5 Å². The van der Waals surface area contributed by atoms with Crippen LogP contribution in [0.1, 0.15) is 38.5 Å². The van der Waals surface area contributed by atoms with E-state index in [1.165, 1.54) is 0 Å². The molecule has 0 heterocycles. The van der Waals surface area contributed by atoms with Gasteiger partial charge < -0.3 is 31.0 Å². The fourth-order valence-corrected chi connectivity index (χ4v) is 6.71. The van der Waals surface area contributed by atoms with E-state index < -0.39 is 26.0 Å². The van der Waals surface area contributed by atoms with Crippen molar-refractivity contribution < 1.29 is 28.7 Å². The van der Waals surface area contributed by atoms with E-state index in [-0.39, 0.29) is 31.8 Å². The van der Waals surface area contributed by atoms with Crippen LogP contribution in [-0.4, -0.2) is 43.5 Å². The molecule has 0 aliphatic heterocycles. The van der Waals surface area contributed by atoms with Gasteiger partial charge in [-0.3, -0.25) is 9.13 Å². The molecule has 136 valence electrons. The smallest absolute Gasteiger partial charge is 0.329 e. The summed E-state index contributed by atoms with van der Waals surface area (Å²) in [6.07, 6.45) is 3.88. The van der Waals surface area contributed by atoms with E-state index in [1.54, 1.807) is 0 Å². The second-order valence-electron chi connectivity index (χ2n) is 7.21. The fourth-order valence-electron chi connectivity index (χ4n) is 4.48. The van der Waals surface area contributed by atoms with Crippen LogP contribution in [0.4, 0.5) is 0 Å². The Balaban J connectivity index is 2.16. The van der Waals surface area contributed by atoms with Gasteiger partial charge in [-0.15, -0.1) is 0 Å². The fraction of sp³-hybridized carbons (Fsp3) is 1.00. The van der Waals surface area contributed by atoms with Crippen LogP contribution in [-0.2, 0) is 9.13 Å². The molecule has 10 heteroatoms. The largest absolute Gasteiger partial charge is 0.334 e. The first kappa shape index (κ1) is 19.5. The normalized spacial score (nSPS) is 29.9. The zero-order valence-corrected chi connectivity index (χ0v) is 14.9. The van der Waals surface area contributed by atoms with Crippen LogP contribution in [0.3, 0.4) is 0 Å². The summed E-state index contributed by atoms with van der Waals surface area (Å²) in [5.41, 5.74) is 10.2. The van der Waals surface area contributed by atoms with Gasteiger partial charge in [0, 0.05) is 13.1 Å². The van der Waals surface area contributed by atoms with Gasteiger partial charge in [0.05, 0.1) is 10.8 Å². The minimum atomic E-state index is -4.56. The molecule has 4 unspecified atom stereocenters. The molecule has 2 fully saturated rings. The van der Waals surface area contributed by atoms with Crippen molar-refractivity contribution in [1.82, 2.24) is 0 Å². The van der Waals surface area contributed by atoms with E-state index in [9.17, 15) is 28.7 Å². The van der Waals surface area contributed by atoms with Gasteiger partial charge in [-0.2, -0.15) is 0 Å². The molecule has 0 radical (unpaired) electrons. The third-order valence-corrected chi connectivity index (χ3v) is 9.33. The Kier molecular flexibility index (Phi) is 5.82. The highest BCUT2D eigenvalue weighted by Crippen LogP contribution is 2.60. The van der Waals surface area contributed by atoms with Gasteiger partial charge in [0.15, 0.2) is 0 Å². The summed E-state index contributed by atoms with van der Waals surface area (Å²) in [7, 11) is -8.91. The van der Waals surface area contributed by atoms with Gasteiger partial charge in [-0.05, 0) is 49.9 Å². The highest BCUT2D eigenvalue weighted by molar-refractivity contribution is 7.53. The first-order valence-electron chi connectivity index (χ1n) is 8.05. The molecular formula is C13H28N2O6P2. The lowest BCUT2D eigenvalue weighted by Crippen LogP contribution is -2.45. The molecule has 0 spiro atoms. The van der Waals surface area contributed by atoms with Crippen LogP contribution in [0, 0.1) is 17.8 Å². The summed E-state index contributed by atoms with van der Waals surface area (Å²) in [4.78, 5) is 38.7. The Morgan fingerprint density at radius 2 is 1.65 bits per heavy atom. The molecule has 2 rings (SSSR count). The number of hydrogen-bond acceptors (Lipinski definition) is 4. The van der Waals surface area contributed by atoms with Crippen LogP contribution in [0.15, 0.2) is 0 Å². The quantitative estimate of drug-likeness (QED) is 0.337. The van der Waals surface area contributed by atoms with Crippen molar-refractivity contribution in [3.8, 4) is 0 Å². The second-order valence-corrected chi connectivity index (χ2v) is 11.1. The Hall–Kier alpha value is 0.220. The highest BCUT2D eigenvalue weighted by Gasteiger charge is 2.51. The van der Waals surface area contributed by atoms with E-state index in [2.05, 4.69) is 0 Å². The van der Waals surface area contributed by atoms with Crippen molar-refractivity contribution >= 4 is 15.2 Å². The van der Waals surface area contributed by atoms with Crippen LogP contribution in [0.2, 0.25) is 0 Å². The Labute approximate surface area is 136 Å². The molecule has 0 aromatic heterocycles. The molecule has 0 aromatic rings. The minimum absolute atomic E-state index is 0.0394. The van der Waals surface area contributed by atoms with E-state index in [0.717, 1.165) is 25.7 Å². The van der Waals surface area contributed by atoms with Gasteiger partial charge in [0.2, 0.25) is 0 Å². The maximum Gasteiger partial charge on any atom is 0.334 e. The maximum absolute atomic E-state index is 12.0. The van der Waals surface area contributed by atoms with E-state index in [4.69, 9.17) is 11.5 Å². The summed E-state index contributed by atoms with van der Waals surface area (Å²) < 4.78 is 23.7. The van der Waals surface area contributed by atoms with Crippen molar-refractivity contribution in [2.24, 2.45) is 29.2 Å². The van der Waals surface area contributed by atoms with Crippen molar-refractivity contribution in [2.45, 2.75) is 49.3 Å². The van der Waals surface area contributed by atoms with Crippen molar-refractivity contribution in [3.05, 3.63) is 0 Å². The molecule has 8 N–H and O–H groups in total. The number of fused-ring (bicyclic) bond motifs is 2. The highest BCUT2D eigenvalue weighted by atomic mass is 31.2. The van der Waals surface area contributed by atoms with Gasteiger partial charge in [0.25, 0.3) is 0 Å². The summed E-state index contributed by atoms with van der Waals surface area (Å²) in [5.74, 6) is 0.784. The molecule has 2 bridgehead atoms. The monoisotopic (exact) mass is 370 g/mol. The predicted molar refractivity (Wildman–Crippen MR) is 86.9 cm³/mol. The summed E-state index contributed by atoms with van der Waals surface area (Å²) in [6.45, 7) is -0.614. The third-order valence-electron chi connectivity index (χ3n) is 6.00. The first-order chi connectivity index (χ1) is 10.5. The Morgan fingerprint density at radius 1 is 1.04 bits per heavy atom. The SMILES string of the molecule is NCC(CN)(CCC(C1CC2CCC1C2)P(=O)(O)O)P(=O)(O)O. The first-order valence-corrected chi connectivity index (χ1v) is 11.3. The summed E-state index contributed by atoms with van der Waals surface area (Å²) in [6, 6.07) is 0. The van der Waals surface area contributed by atoms with Gasteiger partial charge in [0.1, 0.15) is 0 Å². The lowest BCUT2D eigenvalue weighted by Gasteiger charge is -2.36. The number of rotatable bonds is 8. The lowest BCUT2D eigenvalue weighted by atomic mass is 9.83. The molecule has 4 atom stereocenters. The Bertz CT molecular complexity index is 515. The van der Waals surface area contributed by atoms with E-state index in [1.807, 2.05) is 0 Å². The summed E-state index contributed by atoms with van der Waals surface area (Å²) in [5, 5.41) is -1.60. The molecule has 0 amide bonds. The third kappa shape index (κ3) is 3.91. The number of nitrogens with two attached hydrogens (primary N) is 2. The van der Waals surface area contributed by atoms with Gasteiger partial charge in [-0.1, -0.05) is 6.42 Å². The molecular weight excluding hydrogens is 342 g/mol. The molecule has 0 saturated heterocycles. The van der Waals surface area contributed by atoms with Crippen molar-refractivity contribution in [1.29, 1.82) is 0 Å². The Morgan fingerprint density at radius 3 is 2.00 bits per heavy atom. The zero-order valence-electron chi connectivity index (χ0n) is 13.1. The second kappa shape index (κ2) is 6.85. The molecule has 2 saturated carbocycles. The van der Waals surface area contributed by atoms with Crippen molar-refractivity contribution in [2.75, 3.05) is 13.1 Å². The minimum Gasteiger partial charge on any atom is -0.329 e. The topological polar surface area (TPSA) is 167 Å². The van der Waals surface area contributed by atoms with Gasteiger partial charge in [-0.25, -0.2) is 0 Å². The molecule has 8 nitrogen and oxygen atoms in total. The lowest BCUT2D eigenvalue weighted by molar-refractivity contribution is 0.254. The predicted octanol–water partition coefficient (Wildman–Crippen LogP) is 0.583. The average molecular weight is 370 g/mol. The molecule has 2 aliphatic rings.